The Bertz CT molecular complexity index is 1080. The summed E-state index contributed by atoms with van der Waals surface area (Å²) in [6, 6.07) is 8.39. The standard InChI is InChI=1S/C24H26F3N5O2/c1-5-7-12-30-31(4)21-13-18(14-28)8-10-20(21)23(33)32(6-2)17(3)16-34-22-11-9-19(15-29-22)24(25,26)27/h5,7-13,15,17H,6,16H2,1-4H3/b7-5-,30-12-. The highest BCUT2D eigenvalue weighted by Gasteiger charge is 2.31. The first-order chi connectivity index (χ1) is 16.1. The Kier molecular flexibility index (Phi) is 9.18. The van der Waals surface area contributed by atoms with Gasteiger partial charge in [-0.05, 0) is 51.1 Å². The van der Waals surface area contributed by atoms with Crippen molar-refractivity contribution in [2.24, 2.45) is 5.10 Å². The number of pyridine rings is 1. The number of nitriles is 1. The van der Waals surface area contributed by atoms with Crippen LogP contribution in [0.2, 0.25) is 0 Å². The number of halogens is 3. The Morgan fingerprint density at radius 1 is 1.32 bits per heavy atom. The molecular weight excluding hydrogens is 447 g/mol. The predicted molar refractivity (Wildman–Crippen MR) is 124 cm³/mol. The van der Waals surface area contributed by atoms with Gasteiger partial charge >= 0.3 is 6.18 Å². The zero-order valence-electron chi connectivity index (χ0n) is 19.4. The molecule has 34 heavy (non-hydrogen) atoms. The Morgan fingerprint density at radius 2 is 2.06 bits per heavy atom. The van der Waals surface area contributed by atoms with Crippen molar-refractivity contribution in [2.45, 2.75) is 33.0 Å². The molecule has 1 unspecified atom stereocenters. The molecule has 0 saturated heterocycles. The molecule has 1 aromatic carbocycles. The van der Waals surface area contributed by atoms with Crippen molar-refractivity contribution in [3.05, 3.63) is 65.4 Å². The van der Waals surface area contributed by atoms with Crippen molar-refractivity contribution >= 4 is 17.8 Å². The number of allylic oxidation sites excluding steroid dienone is 2. The molecule has 0 bridgehead atoms. The van der Waals surface area contributed by atoms with E-state index < -0.39 is 17.8 Å². The zero-order chi connectivity index (χ0) is 25.3. The van der Waals surface area contributed by atoms with Crippen LogP contribution >= 0.6 is 0 Å². The third-order valence-electron chi connectivity index (χ3n) is 4.89. The van der Waals surface area contributed by atoms with Crippen LogP contribution in [0.25, 0.3) is 0 Å². The number of hydrogen-bond donors (Lipinski definition) is 0. The maximum absolute atomic E-state index is 13.4. The van der Waals surface area contributed by atoms with Crippen LogP contribution in [-0.2, 0) is 6.18 Å². The van der Waals surface area contributed by atoms with Crippen LogP contribution in [-0.4, -0.2) is 48.2 Å². The summed E-state index contributed by atoms with van der Waals surface area (Å²) in [6.45, 7) is 5.80. The van der Waals surface area contributed by atoms with E-state index in [1.807, 2.05) is 13.8 Å². The second-order valence-electron chi connectivity index (χ2n) is 7.29. The van der Waals surface area contributed by atoms with Gasteiger partial charge in [0.15, 0.2) is 0 Å². The lowest BCUT2D eigenvalue weighted by molar-refractivity contribution is -0.137. The molecule has 2 rings (SSSR count). The van der Waals surface area contributed by atoms with Gasteiger partial charge in [0, 0.05) is 32.1 Å². The topological polar surface area (TPSA) is 81.8 Å². The number of likely N-dealkylation sites (N-methyl/N-ethyl adjacent to an activating group) is 1. The molecule has 0 aliphatic rings. The molecule has 180 valence electrons. The number of nitrogens with zero attached hydrogens (tertiary/aromatic N) is 5. The summed E-state index contributed by atoms with van der Waals surface area (Å²) in [5.74, 6) is -0.271. The van der Waals surface area contributed by atoms with Gasteiger partial charge in [0.25, 0.3) is 5.91 Å². The number of amides is 1. The summed E-state index contributed by atoms with van der Waals surface area (Å²) >= 11 is 0. The highest BCUT2D eigenvalue weighted by Crippen LogP contribution is 2.29. The molecule has 1 atom stereocenters. The first kappa shape index (κ1) is 26.4. The monoisotopic (exact) mass is 473 g/mol. The van der Waals surface area contributed by atoms with E-state index in [-0.39, 0.29) is 18.4 Å². The quantitative estimate of drug-likeness (QED) is 0.382. The van der Waals surface area contributed by atoms with Gasteiger partial charge in [-0.15, -0.1) is 0 Å². The number of carbonyl (C=O) groups is 1. The SMILES string of the molecule is C/C=C\C=N/N(C)c1cc(C#N)ccc1C(=O)N(CC)C(C)COc1ccc(C(F)(F)F)cn1. The number of rotatable bonds is 9. The number of hydrogen-bond acceptors (Lipinski definition) is 6. The van der Waals surface area contributed by atoms with Crippen LogP contribution in [0.1, 0.15) is 42.3 Å². The van der Waals surface area contributed by atoms with E-state index in [0.29, 0.717) is 29.6 Å². The van der Waals surface area contributed by atoms with Crippen molar-refractivity contribution in [1.29, 1.82) is 5.26 Å². The van der Waals surface area contributed by atoms with Crippen LogP contribution in [0.4, 0.5) is 18.9 Å². The number of aromatic nitrogens is 1. The Labute approximate surface area is 196 Å². The number of ether oxygens (including phenoxy) is 1. The molecule has 1 aromatic heterocycles. The predicted octanol–water partition coefficient (Wildman–Crippen LogP) is 4.90. The number of benzene rings is 1. The molecule has 10 heteroatoms. The highest BCUT2D eigenvalue weighted by atomic mass is 19.4. The van der Waals surface area contributed by atoms with E-state index in [0.717, 1.165) is 12.1 Å². The van der Waals surface area contributed by atoms with E-state index >= 15 is 0 Å². The molecule has 1 amide bonds. The fourth-order valence-corrected chi connectivity index (χ4v) is 3.08. The normalized spacial score (nSPS) is 12.5. The van der Waals surface area contributed by atoms with Crippen LogP contribution in [0.5, 0.6) is 5.88 Å². The van der Waals surface area contributed by atoms with Crippen molar-refractivity contribution in [3.8, 4) is 11.9 Å². The van der Waals surface area contributed by atoms with Crippen LogP contribution in [0, 0.1) is 11.3 Å². The molecule has 0 fully saturated rings. The Hall–Kier alpha value is -3.87. The lowest BCUT2D eigenvalue weighted by Crippen LogP contribution is -2.42. The zero-order valence-corrected chi connectivity index (χ0v) is 19.4. The van der Waals surface area contributed by atoms with Crippen LogP contribution in [0.15, 0.2) is 53.8 Å². The second kappa shape index (κ2) is 11.8. The fraction of sp³-hybridized carbons (Fsp3) is 0.333. The van der Waals surface area contributed by atoms with E-state index in [1.165, 1.54) is 5.01 Å². The highest BCUT2D eigenvalue weighted by molar-refractivity contribution is 6.00. The average molecular weight is 473 g/mol. The van der Waals surface area contributed by atoms with E-state index in [1.54, 1.807) is 55.4 Å². The Balaban J connectivity index is 2.21. The van der Waals surface area contributed by atoms with Gasteiger partial charge in [0.2, 0.25) is 5.88 Å². The molecular formula is C24H26F3N5O2. The van der Waals surface area contributed by atoms with Crippen molar-refractivity contribution in [1.82, 2.24) is 9.88 Å². The van der Waals surface area contributed by atoms with Gasteiger partial charge in [0.05, 0.1) is 34.5 Å². The fourth-order valence-electron chi connectivity index (χ4n) is 3.08. The maximum atomic E-state index is 13.4. The third kappa shape index (κ3) is 6.81. The van der Waals surface area contributed by atoms with E-state index in [4.69, 9.17) is 4.74 Å². The minimum absolute atomic E-state index is 0.0266. The second-order valence-corrected chi connectivity index (χ2v) is 7.29. The first-order valence-corrected chi connectivity index (χ1v) is 10.5. The summed E-state index contributed by atoms with van der Waals surface area (Å²) in [6.07, 6.45) is 1.33. The number of hydrazone groups is 1. The maximum Gasteiger partial charge on any atom is 0.417 e. The molecule has 0 N–H and O–H groups in total. The van der Waals surface area contributed by atoms with Crippen molar-refractivity contribution in [2.75, 3.05) is 25.2 Å². The van der Waals surface area contributed by atoms with E-state index in [2.05, 4.69) is 16.2 Å². The number of anilines is 1. The molecule has 7 nitrogen and oxygen atoms in total. The smallest absolute Gasteiger partial charge is 0.417 e. The van der Waals surface area contributed by atoms with Gasteiger partial charge in [0.1, 0.15) is 6.61 Å². The van der Waals surface area contributed by atoms with Crippen LogP contribution < -0.4 is 9.75 Å². The summed E-state index contributed by atoms with van der Waals surface area (Å²) in [7, 11) is 1.67. The van der Waals surface area contributed by atoms with Gasteiger partial charge in [-0.25, -0.2) is 4.98 Å². The van der Waals surface area contributed by atoms with Crippen LogP contribution in [0.3, 0.4) is 0 Å². The summed E-state index contributed by atoms with van der Waals surface area (Å²) < 4.78 is 43.6. The lowest BCUT2D eigenvalue weighted by Gasteiger charge is -2.29. The van der Waals surface area contributed by atoms with Gasteiger partial charge < -0.3 is 9.64 Å². The summed E-state index contributed by atoms with van der Waals surface area (Å²) in [4.78, 5) is 18.7. The third-order valence-corrected chi connectivity index (χ3v) is 4.89. The molecule has 1 heterocycles. The summed E-state index contributed by atoms with van der Waals surface area (Å²) in [5, 5.41) is 15.0. The van der Waals surface area contributed by atoms with Crippen molar-refractivity contribution < 1.29 is 22.7 Å². The minimum Gasteiger partial charge on any atom is -0.475 e. The van der Waals surface area contributed by atoms with Gasteiger partial charge in [-0.1, -0.05) is 6.08 Å². The Morgan fingerprint density at radius 3 is 2.62 bits per heavy atom. The molecule has 0 aliphatic heterocycles. The van der Waals surface area contributed by atoms with Gasteiger partial charge in [-0.2, -0.15) is 23.5 Å². The minimum atomic E-state index is -4.48. The molecule has 0 spiro atoms. The molecule has 2 aromatic rings. The number of carbonyl (C=O) groups excluding carboxylic acids is 1. The molecule has 0 radical (unpaired) electrons. The first-order valence-electron chi connectivity index (χ1n) is 10.5. The molecule has 0 aliphatic carbocycles. The summed E-state index contributed by atoms with van der Waals surface area (Å²) in [5.41, 5.74) is 0.321. The van der Waals surface area contributed by atoms with E-state index in [9.17, 15) is 23.2 Å². The number of alkyl halides is 3. The average Bonchev–Trinajstić information content (AvgIpc) is 2.82. The van der Waals surface area contributed by atoms with Gasteiger partial charge in [-0.3, -0.25) is 9.80 Å². The molecule has 0 saturated carbocycles. The van der Waals surface area contributed by atoms with Crippen molar-refractivity contribution in [3.63, 3.8) is 0 Å². The lowest BCUT2D eigenvalue weighted by atomic mass is 10.1. The largest absolute Gasteiger partial charge is 0.475 e.